The lowest BCUT2D eigenvalue weighted by Crippen LogP contribution is -2.73. The Morgan fingerprint density at radius 2 is 1.22 bits per heavy atom. The molecule has 0 saturated carbocycles. The molecule has 0 N–H and O–H groups in total. The zero-order valence-electron chi connectivity index (χ0n) is 32.8. The number of hydrogen-bond acceptors (Lipinski definition) is 9. The zero-order chi connectivity index (χ0) is 35.4. The molecule has 5 atom stereocenters. The van der Waals surface area contributed by atoms with Gasteiger partial charge in [-0.1, -0.05) is 74.7 Å². The number of hydrogen-bond donors (Lipinski definition) is 0. The van der Waals surface area contributed by atoms with Crippen LogP contribution < -0.4 is 0 Å². The molecule has 46 heavy (non-hydrogen) atoms. The van der Waals surface area contributed by atoms with Gasteiger partial charge >= 0.3 is 11.9 Å². The quantitative estimate of drug-likeness (QED) is 0.0336. The summed E-state index contributed by atoms with van der Waals surface area (Å²) < 4.78 is 48.0. The van der Waals surface area contributed by atoms with Crippen LogP contribution in [0.3, 0.4) is 0 Å². The first-order valence-electron chi connectivity index (χ1n) is 18.4. The van der Waals surface area contributed by atoms with E-state index in [-0.39, 0.29) is 18.1 Å². The third kappa shape index (κ3) is 15.5. The Morgan fingerprint density at radius 1 is 0.609 bits per heavy atom. The lowest BCUT2D eigenvalue weighted by atomic mass is 9.81. The molecular weight excluding hydrogens is 588 g/mol. The lowest BCUT2D eigenvalue weighted by Gasteiger charge is -2.57. The Kier molecular flexibility index (Phi) is 22.9. The summed E-state index contributed by atoms with van der Waals surface area (Å²) in [6.07, 6.45) is 5.15. The van der Waals surface area contributed by atoms with E-state index in [4.69, 9.17) is 42.9 Å². The van der Waals surface area contributed by atoms with Crippen LogP contribution in [0.25, 0.3) is 0 Å². The molecular formula is C37H76O9. The van der Waals surface area contributed by atoms with Crippen LogP contribution in [0.15, 0.2) is 0 Å². The van der Waals surface area contributed by atoms with Gasteiger partial charge in [-0.25, -0.2) is 4.89 Å². The first-order valence-corrected chi connectivity index (χ1v) is 18.4. The van der Waals surface area contributed by atoms with Gasteiger partial charge in [-0.3, -0.25) is 0 Å². The second-order valence-electron chi connectivity index (χ2n) is 14.8. The molecule has 0 rings (SSSR count). The van der Waals surface area contributed by atoms with E-state index in [1.807, 2.05) is 48.5 Å². The van der Waals surface area contributed by atoms with Crippen LogP contribution in [0.2, 0.25) is 0 Å². The maximum Gasteiger partial charge on any atom is 0.330 e. The summed E-state index contributed by atoms with van der Waals surface area (Å²) in [4.78, 5) is 12.6. The van der Waals surface area contributed by atoms with Gasteiger partial charge in [0, 0.05) is 6.61 Å². The van der Waals surface area contributed by atoms with Crippen molar-refractivity contribution in [2.75, 3.05) is 33.0 Å². The second kappa shape index (κ2) is 23.1. The second-order valence-corrected chi connectivity index (χ2v) is 14.8. The van der Waals surface area contributed by atoms with E-state index >= 15 is 0 Å². The van der Waals surface area contributed by atoms with Gasteiger partial charge in [0.1, 0.15) is 0 Å². The fraction of sp³-hybridized carbons (Fsp3) is 1.00. The molecule has 0 aromatic rings. The first-order chi connectivity index (χ1) is 21.5. The van der Waals surface area contributed by atoms with Gasteiger partial charge in [-0.15, -0.1) is 0 Å². The van der Waals surface area contributed by atoms with Crippen LogP contribution in [0.1, 0.15) is 155 Å². The van der Waals surface area contributed by atoms with E-state index in [1.165, 1.54) is 0 Å². The van der Waals surface area contributed by atoms with Crippen molar-refractivity contribution in [1.29, 1.82) is 0 Å². The Balaban J connectivity index is 8.09. The number of rotatable bonds is 29. The number of ether oxygens (including phenoxy) is 7. The van der Waals surface area contributed by atoms with Crippen molar-refractivity contribution in [2.45, 2.75) is 191 Å². The summed E-state index contributed by atoms with van der Waals surface area (Å²) in [5.74, 6) is -3.20. The van der Waals surface area contributed by atoms with E-state index in [0.717, 1.165) is 44.9 Å². The van der Waals surface area contributed by atoms with Crippen molar-refractivity contribution in [3.05, 3.63) is 0 Å². The van der Waals surface area contributed by atoms with Crippen molar-refractivity contribution < 1.29 is 42.9 Å². The molecule has 9 nitrogen and oxygen atoms in total. The van der Waals surface area contributed by atoms with Crippen molar-refractivity contribution in [3.63, 3.8) is 0 Å². The molecule has 0 aliphatic rings. The van der Waals surface area contributed by atoms with Gasteiger partial charge < -0.3 is 33.2 Å². The minimum atomic E-state index is -1.94. The highest BCUT2D eigenvalue weighted by Gasteiger charge is 2.74. The summed E-state index contributed by atoms with van der Waals surface area (Å²) in [7, 11) is 0. The largest absolute Gasteiger partial charge is 0.351 e. The summed E-state index contributed by atoms with van der Waals surface area (Å²) >= 11 is 0. The maximum absolute atomic E-state index is 7.02. The van der Waals surface area contributed by atoms with E-state index in [9.17, 15) is 0 Å². The highest BCUT2D eigenvalue weighted by molar-refractivity contribution is 4.99. The molecule has 0 spiro atoms. The Labute approximate surface area is 284 Å². The average Bonchev–Trinajstić information content (AvgIpc) is 2.96. The van der Waals surface area contributed by atoms with Crippen LogP contribution in [-0.4, -0.2) is 69.1 Å². The Hall–Kier alpha value is -0.360. The molecule has 0 fully saturated rings. The van der Waals surface area contributed by atoms with Gasteiger partial charge in [0.15, 0.2) is 11.7 Å². The Morgan fingerprint density at radius 3 is 1.72 bits per heavy atom. The van der Waals surface area contributed by atoms with Crippen LogP contribution in [0.4, 0.5) is 0 Å². The molecule has 0 aromatic heterocycles. The minimum absolute atomic E-state index is 0.154. The standard InChI is InChI=1S/C37H76O9/c1-16-20-22-26-40-37(44-32(11)19-4,46-42-27-23-29(5)6)35(15,33(38-24-18-3)43-31(9)10)36(39-25-21-17-2,41-28-30(7)8)45-34(12,13)14/h29-33H,16-28H2,1-15H3. The van der Waals surface area contributed by atoms with E-state index in [0.29, 0.717) is 45.4 Å². The first kappa shape index (κ1) is 45.6. The van der Waals surface area contributed by atoms with Crippen molar-refractivity contribution in [2.24, 2.45) is 17.3 Å². The summed E-state index contributed by atoms with van der Waals surface area (Å²) in [6.45, 7) is 32.4. The van der Waals surface area contributed by atoms with Gasteiger partial charge in [0.2, 0.25) is 0 Å². The normalized spacial score (nSPS) is 18.1. The van der Waals surface area contributed by atoms with Crippen LogP contribution >= 0.6 is 0 Å². The van der Waals surface area contributed by atoms with Gasteiger partial charge in [-0.05, 0) is 92.4 Å². The zero-order valence-corrected chi connectivity index (χ0v) is 32.8. The topological polar surface area (TPSA) is 83.1 Å². The summed E-state index contributed by atoms with van der Waals surface area (Å²) in [5.41, 5.74) is -2.30. The summed E-state index contributed by atoms with van der Waals surface area (Å²) in [5, 5.41) is 0. The Bertz CT molecular complexity index is 741. The lowest BCUT2D eigenvalue weighted by molar-refractivity contribution is -0.606. The minimum Gasteiger partial charge on any atom is -0.351 e. The van der Waals surface area contributed by atoms with Gasteiger partial charge in [0.05, 0.1) is 44.2 Å². The molecule has 0 bridgehead atoms. The van der Waals surface area contributed by atoms with E-state index in [1.54, 1.807) is 0 Å². The average molecular weight is 665 g/mol. The predicted octanol–water partition coefficient (Wildman–Crippen LogP) is 9.80. The highest BCUT2D eigenvalue weighted by atomic mass is 17.3. The summed E-state index contributed by atoms with van der Waals surface area (Å²) in [6, 6.07) is 0. The maximum atomic E-state index is 7.02. The SMILES string of the molecule is CCCCCOC(OOCCC(C)C)(OC(C)CC)C(C)(C(OCCC)OC(C)C)C(OCCCC)(OCC(C)C)OC(C)(C)C. The molecule has 0 aliphatic carbocycles. The fourth-order valence-electron chi connectivity index (χ4n) is 4.57. The molecule has 0 aromatic carbocycles. The fourth-order valence-corrected chi connectivity index (χ4v) is 4.57. The molecule has 5 unspecified atom stereocenters. The van der Waals surface area contributed by atoms with Crippen LogP contribution in [0.5, 0.6) is 0 Å². The molecule has 0 saturated heterocycles. The number of unbranched alkanes of at least 4 members (excludes halogenated alkanes) is 3. The van der Waals surface area contributed by atoms with Crippen LogP contribution in [0, 0.1) is 17.3 Å². The molecule has 0 aliphatic heterocycles. The highest BCUT2D eigenvalue weighted by Crippen LogP contribution is 2.55. The van der Waals surface area contributed by atoms with Gasteiger partial charge in [-0.2, -0.15) is 4.89 Å². The third-order valence-corrected chi connectivity index (χ3v) is 7.37. The molecule has 0 amide bonds. The van der Waals surface area contributed by atoms with Crippen molar-refractivity contribution in [1.82, 2.24) is 0 Å². The predicted molar refractivity (Wildman–Crippen MR) is 185 cm³/mol. The molecule has 0 heterocycles. The van der Waals surface area contributed by atoms with Gasteiger partial charge in [0.25, 0.3) is 0 Å². The van der Waals surface area contributed by atoms with Crippen molar-refractivity contribution in [3.8, 4) is 0 Å². The molecule has 9 heteroatoms. The van der Waals surface area contributed by atoms with Crippen molar-refractivity contribution >= 4 is 0 Å². The van der Waals surface area contributed by atoms with E-state index < -0.39 is 29.3 Å². The van der Waals surface area contributed by atoms with E-state index in [2.05, 4.69) is 55.4 Å². The molecule has 278 valence electrons. The molecule has 0 radical (unpaired) electrons. The third-order valence-electron chi connectivity index (χ3n) is 7.37. The smallest absolute Gasteiger partial charge is 0.330 e. The monoisotopic (exact) mass is 665 g/mol. The van der Waals surface area contributed by atoms with Crippen LogP contribution in [-0.2, 0) is 42.9 Å².